The van der Waals surface area contributed by atoms with E-state index in [0.717, 1.165) is 5.56 Å². The number of nitrogens with one attached hydrogen (secondary N) is 1. The minimum Gasteiger partial charge on any atom is -0.370 e. The standard InChI is InChI=1S/C13H10F3N5S/c14-13(15,16)7-19-11(18)21-12-20-10(6-22-12)9-3-1-2-8(4-9)5-17/h1-4,6H,7H2,(H3,18,19,20,21). The smallest absolute Gasteiger partial charge is 0.370 e. The van der Waals surface area contributed by atoms with Crippen molar-refractivity contribution in [3.05, 3.63) is 35.2 Å². The first-order valence-corrected chi connectivity index (χ1v) is 6.85. The number of guanidine groups is 1. The molecule has 9 heteroatoms. The third-order valence-corrected chi connectivity index (χ3v) is 3.21. The molecule has 0 bridgehead atoms. The average molecular weight is 325 g/mol. The maximum absolute atomic E-state index is 12.0. The Balaban J connectivity index is 2.10. The molecule has 0 amide bonds. The number of hydrogen-bond acceptors (Lipinski definition) is 4. The van der Waals surface area contributed by atoms with Gasteiger partial charge in [-0.2, -0.15) is 18.4 Å². The van der Waals surface area contributed by atoms with Gasteiger partial charge in [-0.1, -0.05) is 12.1 Å². The summed E-state index contributed by atoms with van der Waals surface area (Å²) in [5.41, 5.74) is 7.18. The van der Waals surface area contributed by atoms with E-state index < -0.39 is 12.7 Å². The number of aromatic nitrogens is 1. The van der Waals surface area contributed by atoms with Crippen LogP contribution in [0.25, 0.3) is 11.3 Å². The molecule has 0 saturated heterocycles. The minimum absolute atomic E-state index is 0.320. The summed E-state index contributed by atoms with van der Waals surface area (Å²) in [7, 11) is 0. The molecule has 114 valence electrons. The van der Waals surface area contributed by atoms with Gasteiger partial charge in [-0.15, -0.1) is 11.3 Å². The predicted octanol–water partition coefficient (Wildman–Crippen LogP) is 2.97. The van der Waals surface area contributed by atoms with Gasteiger partial charge >= 0.3 is 6.18 Å². The van der Waals surface area contributed by atoms with Gasteiger partial charge in [-0.3, -0.25) is 0 Å². The fourth-order valence-corrected chi connectivity index (χ4v) is 2.26. The number of nitrogens with zero attached hydrogens (tertiary/aromatic N) is 3. The Morgan fingerprint density at radius 3 is 2.91 bits per heavy atom. The van der Waals surface area contributed by atoms with E-state index in [1.54, 1.807) is 29.6 Å². The zero-order valence-corrected chi connectivity index (χ0v) is 11.9. The van der Waals surface area contributed by atoms with Crippen LogP contribution < -0.4 is 11.1 Å². The topological polar surface area (TPSA) is 87.1 Å². The molecular formula is C13H10F3N5S. The van der Waals surface area contributed by atoms with Crippen molar-refractivity contribution in [1.29, 1.82) is 5.26 Å². The number of benzene rings is 1. The van der Waals surface area contributed by atoms with E-state index in [1.807, 2.05) is 6.07 Å². The van der Waals surface area contributed by atoms with Crippen LogP contribution >= 0.6 is 11.3 Å². The Kier molecular flexibility index (Phi) is 4.62. The molecule has 0 spiro atoms. The van der Waals surface area contributed by atoms with Crippen molar-refractivity contribution < 1.29 is 13.2 Å². The van der Waals surface area contributed by atoms with Crippen molar-refractivity contribution in [3.8, 4) is 17.3 Å². The van der Waals surface area contributed by atoms with Crippen molar-refractivity contribution in [2.75, 3.05) is 11.9 Å². The molecule has 2 aromatic rings. The predicted molar refractivity (Wildman–Crippen MR) is 78.4 cm³/mol. The van der Waals surface area contributed by atoms with Gasteiger partial charge < -0.3 is 11.1 Å². The van der Waals surface area contributed by atoms with E-state index in [-0.39, 0.29) is 5.96 Å². The Labute approximate surface area is 127 Å². The number of nitrogens with two attached hydrogens (primary N) is 1. The van der Waals surface area contributed by atoms with E-state index in [1.165, 1.54) is 11.3 Å². The fraction of sp³-hybridized carbons (Fsp3) is 0.154. The largest absolute Gasteiger partial charge is 0.408 e. The Morgan fingerprint density at radius 1 is 1.45 bits per heavy atom. The Morgan fingerprint density at radius 2 is 2.23 bits per heavy atom. The first-order chi connectivity index (χ1) is 10.4. The van der Waals surface area contributed by atoms with Crippen molar-refractivity contribution in [1.82, 2.24) is 4.98 Å². The van der Waals surface area contributed by atoms with E-state index in [0.29, 0.717) is 16.4 Å². The van der Waals surface area contributed by atoms with Crippen LogP contribution in [0.4, 0.5) is 18.3 Å². The second-order valence-corrected chi connectivity index (χ2v) is 5.03. The highest BCUT2D eigenvalue weighted by Crippen LogP contribution is 2.25. The van der Waals surface area contributed by atoms with Gasteiger partial charge in [-0.05, 0) is 12.1 Å². The first kappa shape index (κ1) is 15.8. The maximum atomic E-state index is 12.0. The van der Waals surface area contributed by atoms with Crippen molar-refractivity contribution >= 4 is 22.4 Å². The van der Waals surface area contributed by atoms with Crippen molar-refractivity contribution in [2.45, 2.75) is 6.18 Å². The van der Waals surface area contributed by atoms with Crippen molar-refractivity contribution in [3.63, 3.8) is 0 Å². The molecule has 0 aliphatic heterocycles. The van der Waals surface area contributed by atoms with Crippen LogP contribution in [-0.2, 0) is 0 Å². The van der Waals surface area contributed by atoms with E-state index in [2.05, 4.69) is 15.3 Å². The molecule has 1 aromatic heterocycles. The molecule has 0 aliphatic rings. The Bertz CT molecular complexity index is 730. The molecule has 5 nitrogen and oxygen atoms in total. The first-order valence-electron chi connectivity index (χ1n) is 5.97. The van der Waals surface area contributed by atoms with Gasteiger partial charge in [0.1, 0.15) is 6.54 Å². The number of alkyl halides is 3. The molecule has 0 atom stereocenters. The lowest BCUT2D eigenvalue weighted by Gasteiger charge is -2.04. The lowest BCUT2D eigenvalue weighted by Crippen LogP contribution is -2.25. The zero-order chi connectivity index (χ0) is 16.2. The van der Waals surface area contributed by atoms with Crippen LogP contribution in [0.3, 0.4) is 0 Å². The number of halogens is 3. The maximum Gasteiger partial charge on any atom is 0.408 e. The quantitative estimate of drug-likeness (QED) is 0.671. The summed E-state index contributed by atoms with van der Waals surface area (Å²) < 4.78 is 36.1. The third kappa shape index (κ3) is 4.46. The highest BCUT2D eigenvalue weighted by molar-refractivity contribution is 7.14. The summed E-state index contributed by atoms with van der Waals surface area (Å²) in [6.45, 7) is -1.35. The number of anilines is 1. The van der Waals surface area contributed by atoms with Gasteiger partial charge in [0, 0.05) is 10.9 Å². The van der Waals surface area contributed by atoms with Crippen LogP contribution in [-0.4, -0.2) is 23.7 Å². The van der Waals surface area contributed by atoms with Gasteiger partial charge in [0.2, 0.25) is 0 Å². The highest BCUT2D eigenvalue weighted by Gasteiger charge is 2.26. The van der Waals surface area contributed by atoms with Crippen LogP contribution in [0.2, 0.25) is 0 Å². The summed E-state index contributed by atoms with van der Waals surface area (Å²) in [6.07, 6.45) is -4.40. The zero-order valence-electron chi connectivity index (χ0n) is 11.1. The van der Waals surface area contributed by atoms with Gasteiger partial charge in [-0.25, -0.2) is 9.98 Å². The molecule has 0 unspecified atom stereocenters. The van der Waals surface area contributed by atoms with Crippen LogP contribution in [0.5, 0.6) is 0 Å². The van der Waals surface area contributed by atoms with Gasteiger partial charge in [0.25, 0.3) is 0 Å². The lowest BCUT2D eigenvalue weighted by molar-refractivity contribution is -0.118. The van der Waals surface area contributed by atoms with Gasteiger partial charge in [0.15, 0.2) is 11.1 Å². The number of hydrogen-bond donors (Lipinski definition) is 2. The van der Waals surface area contributed by atoms with Crippen LogP contribution in [0.1, 0.15) is 5.56 Å². The number of nitriles is 1. The second-order valence-electron chi connectivity index (χ2n) is 4.17. The average Bonchev–Trinajstić information content (AvgIpc) is 2.93. The van der Waals surface area contributed by atoms with Crippen LogP contribution in [0.15, 0.2) is 34.6 Å². The lowest BCUT2D eigenvalue weighted by atomic mass is 10.1. The summed E-state index contributed by atoms with van der Waals surface area (Å²) in [6, 6.07) is 8.85. The van der Waals surface area contributed by atoms with E-state index in [9.17, 15) is 13.2 Å². The molecular weight excluding hydrogens is 315 g/mol. The van der Waals surface area contributed by atoms with Crippen molar-refractivity contribution in [2.24, 2.45) is 10.7 Å². The molecule has 0 radical (unpaired) electrons. The molecule has 1 aromatic carbocycles. The molecule has 22 heavy (non-hydrogen) atoms. The molecule has 1 heterocycles. The molecule has 2 rings (SSSR count). The van der Waals surface area contributed by atoms with Crippen LogP contribution in [0, 0.1) is 11.3 Å². The number of rotatable bonds is 3. The SMILES string of the molecule is N#Cc1cccc(-c2csc(NC(N)=NCC(F)(F)F)n2)c1. The molecule has 0 fully saturated rings. The minimum atomic E-state index is -4.40. The monoisotopic (exact) mass is 325 g/mol. The van der Waals surface area contributed by atoms with E-state index >= 15 is 0 Å². The Hall–Kier alpha value is -2.60. The molecule has 0 saturated carbocycles. The fourth-order valence-electron chi connectivity index (χ4n) is 1.54. The summed E-state index contributed by atoms with van der Waals surface area (Å²) in [5.74, 6) is -0.357. The number of thiazole rings is 1. The summed E-state index contributed by atoms with van der Waals surface area (Å²) >= 11 is 1.17. The summed E-state index contributed by atoms with van der Waals surface area (Å²) in [4.78, 5) is 7.38. The molecule has 0 aliphatic carbocycles. The number of aliphatic imine (C=N–C) groups is 1. The molecule has 3 N–H and O–H groups in total. The second kappa shape index (κ2) is 6.44. The third-order valence-electron chi connectivity index (χ3n) is 2.46. The normalized spacial score (nSPS) is 12.0. The highest BCUT2D eigenvalue weighted by atomic mass is 32.1. The summed E-state index contributed by atoms with van der Waals surface area (Å²) in [5, 5.41) is 13.4. The van der Waals surface area contributed by atoms with E-state index in [4.69, 9.17) is 11.0 Å². The van der Waals surface area contributed by atoms with Gasteiger partial charge in [0.05, 0.1) is 17.3 Å².